The number of ether oxygens (including phenoxy) is 2. The molecule has 0 aromatic heterocycles. The minimum Gasteiger partial charge on any atom is -0.496 e. The van der Waals surface area contributed by atoms with Crippen molar-refractivity contribution < 1.29 is 14.6 Å². The van der Waals surface area contributed by atoms with Gasteiger partial charge in [0.25, 0.3) is 0 Å². The Morgan fingerprint density at radius 3 is 2.27 bits per heavy atom. The Bertz CT molecular complexity index is 636. The average Bonchev–Trinajstić information content (AvgIpc) is 2.54. The second-order valence-corrected chi connectivity index (χ2v) is 5.30. The first-order valence-corrected chi connectivity index (χ1v) is 7.67. The SMILES string of the molecule is CCOc1cccc(OC)c1C(O)(CC)c1ccccc1C. The number of methoxy groups -OCH3 is 1. The summed E-state index contributed by atoms with van der Waals surface area (Å²) in [7, 11) is 1.61. The van der Waals surface area contributed by atoms with Gasteiger partial charge in [-0.2, -0.15) is 0 Å². The van der Waals surface area contributed by atoms with Crippen LogP contribution in [-0.4, -0.2) is 18.8 Å². The lowest BCUT2D eigenvalue weighted by Crippen LogP contribution is -2.29. The van der Waals surface area contributed by atoms with Crippen LogP contribution in [0.4, 0.5) is 0 Å². The van der Waals surface area contributed by atoms with Crippen LogP contribution >= 0.6 is 0 Å². The van der Waals surface area contributed by atoms with Crippen LogP contribution in [0.25, 0.3) is 0 Å². The number of aryl methyl sites for hydroxylation is 1. The molecule has 2 aromatic rings. The van der Waals surface area contributed by atoms with E-state index in [0.29, 0.717) is 30.1 Å². The standard InChI is InChI=1S/C19H24O3/c1-5-19(20,15-11-8-7-10-14(15)3)18-16(21-4)12-9-13-17(18)22-6-2/h7-13,20H,5-6H2,1-4H3. The molecular weight excluding hydrogens is 276 g/mol. The molecule has 0 bridgehead atoms. The minimum atomic E-state index is -1.15. The molecule has 2 aromatic carbocycles. The molecule has 3 heteroatoms. The van der Waals surface area contributed by atoms with Crippen molar-refractivity contribution in [3.63, 3.8) is 0 Å². The van der Waals surface area contributed by atoms with E-state index >= 15 is 0 Å². The maximum Gasteiger partial charge on any atom is 0.129 e. The molecule has 0 heterocycles. The zero-order valence-corrected chi connectivity index (χ0v) is 13.7. The van der Waals surface area contributed by atoms with E-state index in [2.05, 4.69) is 0 Å². The van der Waals surface area contributed by atoms with Gasteiger partial charge in [-0.25, -0.2) is 0 Å². The van der Waals surface area contributed by atoms with Gasteiger partial charge in [0.15, 0.2) is 0 Å². The van der Waals surface area contributed by atoms with Crippen molar-refractivity contribution in [1.82, 2.24) is 0 Å². The van der Waals surface area contributed by atoms with Crippen LogP contribution in [0.2, 0.25) is 0 Å². The topological polar surface area (TPSA) is 38.7 Å². The maximum absolute atomic E-state index is 11.5. The third kappa shape index (κ3) is 2.81. The van der Waals surface area contributed by atoms with Crippen molar-refractivity contribution >= 4 is 0 Å². The van der Waals surface area contributed by atoms with Crippen molar-refractivity contribution in [3.8, 4) is 11.5 Å². The lowest BCUT2D eigenvalue weighted by atomic mass is 9.81. The highest BCUT2D eigenvalue weighted by atomic mass is 16.5. The van der Waals surface area contributed by atoms with E-state index in [9.17, 15) is 5.11 Å². The molecule has 3 nitrogen and oxygen atoms in total. The molecule has 118 valence electrons. The fourth-order valence-electron chi connectivity index (χ4n) is 2.90. The smallest absolute Gasteiger partial charge is 0.129 e. The maximum atomic E-state index is 11.5. The highest BCUT2D eigenvalue weighted by molar-refractivity contribution is 5.54. The summed E-state index contributed by atoms with van der Waals surface area (Å²) < 4.78 is 11.3. The van der Waals surface area contributed by atoms with E-state index in [1.54, 1.807) is 7.11 Å². The van der Waals surface area contributed by atoms with Crippen molar-refractivity contribution in [2.45, 2.75) is 32.8 Å². The summed E-state index contributed by atoms with van der Waals surface area (Å²) >= 11 is 0. The second kappa shape index (κ2) is 6.84. The highest BCUT2D eigenvalue weighted by Crippen LogP contribution is 2.44. The largest absolute Gasteiger partial charge is 0.496 e. The van der Waals surface area contributed by atoms with Crippen LogP contribution in [-0.2, 0) is 5.60 Å². The van der Waals surface area contributed by atoms with E-state index in [1.165, 1.54) is 0 Å². The van der Waals surface area contributed by atoms with Crippen molar-refractivity contribution in [2.75, 3.05) is 13.7 Å². The zero-order chi connectivity index (χ0) is 16.2. The molecule has 1 N–H and O–H groups in total. The predicted octanol–water partition coefficient (Wildman–Crippen LogP) is 4.05. The third-order valence-corrected chi connectivity index (χ3v) is 4.02. The van der Waals surface area contributed by atoms with Gasteiger partial charge in [-0.05, 0) is 43.5 Å². The van der Waals surface area contributed by atoms with Crippen molar-refractivity contribution in [1.29, 1.82) is 0 Å². The van der Waals surface area contributed by atoms with Gasteiger partial charge >= 0.3 is 0 Å². The number of hydrogen-bond donors (Lipinski definition) is 1. The van der Waals surface area contributed by atoms with E-state index in [4.69, 9.17) is 9.47 Å². The molecule has 0 aliphatic heterocycles. The van der Waals surface area contributed by atoms with Gasteiger partial charge in [-0.1, -0.05) is 37.3 Å². The number of rotatable bonds is 6. The number of aliphatic hydroxyl groups is 1. The Morgan fingerprint density at radius 1 is 1.00 bits per heavy atom. The van der Waals surface area contributed by atoms with Gasteiger partial charge in [0.05, 0.1) is 19.3 Å². The summed E-state index contributed by atoms with van der Waals surface area (Å²) in [6.07, 6.45) is 0.526. The first-order valence-electron chi connectivity index (χ1n) is 7.67. The highest BCUT2D eigenvalue weighted by Gasteiger charge is 2.36. The van der Waals surface area contributed by atoms with E-state index in [-0.39, 0.29) is 0 Å². The molecule has 0 aliphatic rings. The molecule has 2 rings (SSSR count). The molecule has 0 saturated carbocycles. The molecule has 0 radical (unpaired) electrons. The first-order chi connectivity index (χ1) is 10.6. The van der Waals surface area contributed by atoms with Crippen LogP contribution in [0.5, 0.6) is 11.5 Å². The summed E-state index contributed by atoms with van der Waals surface area (Å²) in [5.74, 6) is 1.30. The molecule has 0 aliphatic carbocycles. The quantitative estimate of drug-likeness (QED) is 0.874. The van der Waals surface area contributed by atoms with Gasteiger partial charge < -0.3 is 14.6 Å². The lowest BCUT2D eigenvalue weighted by molar-refractivity contribution is 0.0693. The monoisotopic (exact) mass is 300 g/mol. The average molecular weight is 300 g/mol. The fourth-order valence-corrected chi connectivity index (χ4v) is 2.90. The lowest BCUT2D eigenvalue weighted by Gasteiger charge is -2.32. The zero-order valence-electron chi connectivity index (χ0n) is 13.7. The van der Waals surface area contributed by atoms with Crippen LogP contribution in [0.3, 0.4) is 0 Å². The minimum absolute atomic E-state index is 0.526. The van der Waals surface area contributed by atoms with Crippen molar-refractivity contribution in [2.24, 2.45) is 0 Å². The van der Waals surface area contributed by atoms with Crippen LogP contribution in [0, 0.1) is 6.92 Å². The summed E-state index contributed by atoms with van der Waals surface area (Å²) in [5, 5.41) is 11.5. The molecule has 0 saturated heterocycles. The Morgan fingerprint density at radius 2 is 1.68 bits per heavy atom. The Labute approximate surface area is 132 Å². The normalized spacial score (nSPS) is 13.5. The molecule has 1 atom stereocenters. The number of hydrogen-bond acceptors (Lipinski definition) is 3. The predicted molar refractivity (Wildman–Crippen MR) is 88.6 cm³/mol. The summed E-state index contributed by atoms with van der Waals surface area (Å²) in [5.41, 5.74) is 1.46. The first kappa shape index (κ1) is 16.4. The molecule has 1 unspecified atom stereocenters. The third-order valence-electron chi connectivity index (χ3n) is 4.02. The van der Waals surface area contributed by atoms with Gasteiger partial charge in [0.1, 0.15) is 17.1 Å². The Hall–Kier alpha value is -2.00. The van der Waals surface area contributed by atoms with Gasteiger partial charge in [0.2, 0.25) is 0 Å². The summed E-state index contributed by atoms with van der Waals surface area (Å²) in [4.78, 5) is 0. The van der Waals surface area contributed by atoms with E-state index in [0.717, 1.165) is 11.1 Å². The van der Waals surface area contributed by atoms with Crippen LogP contribution < -0.4 is 9.47 Å². The molecule has 22 heavy (non-hydrogen) atoms. The van der Waals surface area contributed by atoms with Gasteiger partial charge in [-0.15, -0.1) is 0 Å². The Balaban J connectivity index is 2.72. The van der Waals surface area contributed by atoms with E-state index < -0.39 is 5.60 Å². The van der Waals surface area contributed by atoms with Gasteiger partial charge in [-0.3, -0.25) is 0 Å². The summed E-state index contributed by atoms with van der Waals surface area (Å²) in [6, 6.07) is 13.5. The van der Waals surface area contributed by atoms with Crippen LogP contribution in [0.15, 0.2) is 42.5 Å². The second-order valence-electron chi connectivity index (χ2n) is 5.30. The molecule has 0 amide bonds. The molecule has 0 spiro atoms. The molecular formula is C19H24O3. The fraction of sp³-hybridized carbons (Fsp3) is 0.368. The molecule has 0 fully saturated rings. The number of benzene rings is 2. The van der Waals surface area contributed by atoms with Crippen LogP contribution in [0.1, 0.15) is 37.0 Å². The van der Waals surface area contributed by atoms with Gasteiger partial charge in [0, 0.05) is 0 Å². The Kier molecular flexibility index (Phi) is 5.09. The van der Waals surface area contributed by atoms with E-state index in [1.807, 2.05) is 63.2 Å². The summed E-state index contributed by atoms with van der Waals surface area (Å²) in [6.45, 7) is 6.44. The van der Waals surface area contributed by atoms with Crippen molar-refractivity contribution in [3.05, 3.63) is 59.2 Å².